The third-order valence-corrected chi connectivity index (χ3v) is 4.27. The molecule has 3 N–H and O–H groups in total. The Kier molecular flexibility index (Phi) is 6.49. The smallest absolute Gasteiger partial charge is 0.238 e. The lowest BCUT2D eigenvalue weighted by atomic mass is 10.1. The van der Waals surface area contributed by atoms with Gasteiger partial charge >= 0.3 is 0 Å². The summed E-state index contributed by atoms with van der Waals surface area (Å²) in [5.74, 6) is -0.177. The van der Waals surface area contributed by atoms with Crippen LogP contribution in [0.1, 0.15) is 25.3 Å². The number of hydrogen-bond acceptors (Lipinski definition) is 3. The summed E-state index contributed by atoms with van der Waals surface area (Å²) in [6.45, 7) is 2.21. The van der Waals surface area contributed by atoms with Crippen LogP contribution in [-0.4, -0.2) is 12.5 Å². The van der Waals surface area contributed by atoms with E-state index in [-0.39, 0.29) is 12.5 Å². The van der Waals surface area contributed by atoms with Crippen LogP contribution in [0.2, 0.25) is 0 Å². The van der Waals surface area contributed by atoms with Gasteiger partial charge in [0.25, 0.3) is 0 Å². The summed E-state index contributed by atoms with van der Waals surface area (Å²) in [4.78, 5) is 13.6. The first-order valence-electron chi connectivity index (χ1n) is 7.58. The van der Waals surface area contributed by atoms with Crippen molar-refractivity contribution in [2.24, 2.45) is 5.73 Å². The molecule has 116 valence electrons. The number of carbonyl (C=O) groups is 1. The van der Waals surface area contributed by atoms with Crippen LogP contribution in [-0.2, 0) is 11.2 Å². The second-order valence-corrected chi connectivity index (χ2v) is 6.28. The molecular formula is C18H22N2OS. The Bertz CT molecular complexity index is 611. The van der Waals surface area contributed by atoms with E-state index in [1.165, 1.54) is 23.3 Å². The van der Waals surface area contributed by atoms with Gasteiger partial charge in [-0.25, -0.2) is 0 Å². The Balaban J connectivity index is 1.99. The minimum Gasteiger partial charge on any atom is -0.325 e. The highest BCUT2D eigenvalue weighted by Crippen LogP contribution is 2.29. The van der Waals surface area contributed by atoms with Crippen LogP contribution in [0.5, 0.6) is 0 Å². The lowest BCUT2D eigenvalue weighted by molar-refractivity contribution is -0.114. The van der Waals surface area contributed by atoms with Crippen LogP contribution < -0.4 is 11.1 Å². The molecule has 0 aliphatic rings. The summed E-state index contributed by atoms with van der Waals surface area (Å²) >= 11 is 1.73. The molecule has 0 atom stereocenters. The second-order valence-electron chi connectivity index (χ2n) is 5.13. The van der Waals surface area contributed by atoms with Crippen molar-refractivity contribution in [3.05, 3.63) is 54.1 Å². The highest BCUT2D eigenvalue weighted by atomic mass is 32.2. The molecular weight excluding hydrogens is 292 g/mol. The van der Waals surface area contributed by atoms with Crippen molar-refractivity contribution in [3.63, 3.8) is 0 Å². The van der Waals surface area contributed by atoms with Crippen molar-refractivity contribution in [2.45, 2.75) is 36.0 Å². The number of anilines is 1. The Morgan fingerprint density at radius 3 is 2.59 bits per heavy atom. The quantitative estimate of drug-likeness (QED) is 0.809. The van der Waals surface area contributed by atoms with E-state index in [0.717, 1.165) is 17.0 Å². The molecule has 0 saturated heterocycles. The molecule has 22 heavy (non-hydrogen) atoms. The van der Waals surface area contributed by atoms with Gasteiger partial charge < -0.3 is 11.1 Å². The summed E-state index contributed by atoms with van der Waals surface area (Å²) in [7, 11) is 0. The number of nitrogens with two attached hydrogens (primary N) is 1. The molecule has 1 amide bonds. The monoisotopic (exact) mass is 314 g/mol. The summed E-state index contributed by atoms with van der Waals surface area (Å²) in [6.07, 6.45) is 3.58. The fourth-order valence-electron chi connectivity index (χ4n) is 2.10. The first kappa shape index (κ1) is 16.6. The molecule has 0 bridgehead atoms. The molecule has 0 aliphatic heterocycles. The van der Waals surface area contributed by atoms with Gasteiger partial charge in [-0.05, 0) is 54.8 Å². The van der Waals surface area contributed by atoms with Gasteiger partial charge in [0.2, 0.25) is 5.91 Å². The SMILES string of the molecule is CCCCc1cccc(Sc2ccc(NC(=O)CN)cc2)c1. The number of carbonyl (C=O) groups excluding carboxylic acids is 1. The molecule has 2 aromatic rings. The third kappa shape index (κ3) is 5.20. The number of aryl methyl sites for hydroxylation is 1. The summed E-state index contributed by atoms with van der Waals surface area (Å²) < 4.78 is 0. The number of benzene rings is 2. The molecule has 2 rings (SSSR count). The van der Waals surface area contributed by atoms with E-state index in [9.17, 15) is 4.79 Å². The third-order valence-electron chi connectivity index (χ3n) is 3.28. The second kappa shape index (κ2) is 8.61. The molecule has 0 aromatic heterocycles. The molecule has 2 aromatic carbocycles. The summed E-state index contributed by atoms with van der Waals surface area (Å²) in [5, 5.41) is 2.74. The van der Waals surface area contributed by atoms with Crippen LogP contribution in [0.25, 0.3) is 0 Å². The number of amides is 1. The van der Waals surface area contributed by atoms with E-state index in [4.69, 9.17) is 5.73 Å². The highest BCUT2D eigenvalue weighted by Gasteiger charge is 2.02. The molecule has 0 fully saturated rings. The maximum Gasteiger partial charge on any atom is 0.238 e. The molecule has 0 radical (unpaired) electrons. The predicted octanol–water partition coefficient (Wildman–Crippen LogP) is 4.08. The Morgan fingerprint density at radius 1 is 1.14 bits per heavy atom. The van der Waals surface area contributed by atoms with E-state index in [2.05, 4.69) is 36.5 Å². The lowest BCUT2D eigenvalue weighted by Crippen LogP contribution is -2.21. The van der Waals surface area contributed by atoms with Gasteiger partial charge in [-0.3, -0.25) is 4.79 Å². The van der Waals surface area contributed by atoms with E-state index in [1.54, 1.807) is 11.8 Å². The zero-order valence-electron chi connectivity index (χ0n) is 12.8. The standard InChI is InChI=1S/C18H22N2OS/c1-2-3-5-14-6-4-7-17(12-14)22-16-10-8-15(9-11-16)20-18(21)13-19/h4,6-12H,2-3,5,13,19H2,1H3,(H,20,21). The Morgan fingerprint density at radius 2 is 1.91 bits per heavy atom. The first-order chi connectivity index (χ1) is 10.7. The molecule has 0 spiro atoms. The molecule has 0 unspecified atom stereocenters. The highest BCUT2D eigenvalue weighted by molar-refractivity contribution is 7.99. The number of unbranched alkanes of at least 4 members (excludes halogenated alkanes) is 1. The van der Waals surface area contributed by atoms with E-state index in [1.807, 2.05) is 24.3 Å². The zero-order valence-corrected chi connectivity index (χ0v) is 13.7. The van der Waals surface area contributed by atoms with Gasteiger partial charge in [0.05, 0.1) is 6.54 Å². The zero-order chi connectivity index (χ0) is 15.8. The Labute approximate surface area is 136 Å². The van der Waals surface area contributed by atoms with Crippen molar-refractivity contribution in [1.82, 2.24) is 0 Å². The minimum atomic E-state index is -0.177. The van der Waals surface area contributed by atoms with Crippen LogP contribution in [0.3, 0.4) is 0 Å². The molecule has 0 heterocycles. The number of nitrogens with one attached hydrogen (secondary N) is 1. The van der Waals surface area contributed by atoms with Gasteiger partial charge in [0.1, 0.15) is 0 Å². The van der Waals surface area contributed by atoms with Crippen LogP contribution in [0, 0.1) is 0 Å². The van der Waals surface area contributed by atoms with Crippen molar-refractivity contribution in [2.75, 3.05) is 11.9 Å². The maximum absolute atomic E-state index is 11.2. The average molecular weight is 314 g/mol. The predicted molar refractivity (Wildman–Crippen MR) is 93.3 cm³/mol. The summed E-state index contributed by atoms with van der Waals surface area (Å²) in [5.41, 5.74) is 7.45. The van der Waals surface area contributed by atoms with Crippen molar-refractivity contribution in [3.8, 4) is 0 Å². The van der Waals surface area contributed by atoms with Crippen LogP contribution in [0.4, 0.5) is 5.69 Å². The van der Waals surface area contributed by atoms with E-state index >= 15 is 0 Å². The number of hydrogen-bond donors (Lipinski definition) is 2. The topological polar surface area (TPSA) is 55.1 Å². The number of rotatable bonds is 7. The minimum absolute atomic E-state index is 0.00105. The largest absolute Gasteiger partial charge is 0.325 e. The van der Waals surface area contributed by atoms with E-state index < -0.39 is 0 Å². The first-order valence-corrected chi connectivity index (χ1v) is 8.39. The lowest BCUT2D eigenvalue weighted by Gasteiger charge is -2.07. The van der Waals surface area contributed by atoms with Crippen LogP contribution in [0.15, 0.2) is 58.3 Å². The molecule has 4 heteroatoms. The normalized spacial score (nSPS) is 10.5. The average Bonchev–Trinajstić information content (AvgIpc) is 2.55. The van der Waals surface area contributed by atoms with Crippen molar-refractivity contribution in [1.29, 1.82) is 0 Å². The van der Waals surface area contributed by atoms with E-state index in [0.29, 0.717) is 0 Å². The maximum atomic E-state index is 11.2. The molecule has 0 saturated carbocycles. The van der Waals surface area contributed by atoms with Crippen LogP contribution >= 0.6 is 11.8 Å². The Hall–Kier alpha value is -1.78. The van der Waals surface area contributed by atoms with Gasteiger partial charge in [0, 0.05) is 15.5 Å². The van der Waals surface area contributed by atoms with Gasteiger partial charge in [0.15, 0.2) is 0 Å². The van der Waals surface area contributed by atoms with Crippen molar-refractivity contribution >= 4 is 23.4 Å². The molecule has 0 aliphatic carbocycles. The fraction of sp³-hybridized carbons (Fsp3) is 0.278. The van der Waals surface area contributed by atoms with Gasteiger partial charge in [-0.1, -0.05) is 37.2 Å². The molecule has 3 nitrogen and oxygen atoms in total. The summed E-state index contributed by atoms with van der Waals surface area (Å²) in [6, 6.07) is 16.5. The van der Waals surface area contributed by atoms with Gasteiger partial charge in [-0.15, -0.1) is 0 Å². The fourth-order valence-corrected chi connectivity index (χ4v) is 3.00. The van der Waals surface area contributed by atoms with Gasteiger partial charge in [-0.2, -0.15) is 0 Å². The van der Waals surface area contributed by atoms with Crippen molar-refractivity contribution < 1.29 is 4.79 Å².